The standard InChI is InChI=1S/C13H26O2/c1-5-6-7-8-9-12(4)13(14)15-10-11(2)3/h11-12H,5-10H2,1-4H3. The normalized spacial score (nSPS) is 12.9. The summed E-state index contributed by atoms with van der Waals surface area (Å²) >= 11 is 0. The highest BCUT2D eigenvalue weighted by Crippen LogP contribution is 2.12. The van der Waals surface area contributed by atoms with Crippen LogP contribution in [0.2, 0.25) is 0 Å². The van der Waals surface area contributed by atoms with E-state index < -0.39 is 0 Å². The quantitative estimate of drug-likeness (QED) is 0.454. The minimum absolute atomic E-state index is 0.0276. The highest BCUT2D eigenvalue weighted by molar-refractivity contribution is 5.71. The number of carbonyl (C=O) groups is 1. The van der Waals surface area contributed by atoms with E-state index in [-0.39, 0.29) is 11.9 Å². The molecular formula is C13H26O2. The Morgan fingerprint density at radius 3 is 2.33 bits per heavy atom. The largest absolute Gasteiger partial charge is 0.465 e. The molecule has 15 heavy (non-hydrogen) atoms. The Kier molecular flexibility index (Phi) is 8.44. The minimum atomic E-state index is -0.0276. The average molecular weight is 214 g/mol. The van der Waals surface area contributed by atoms with Gasteiger partial charge in [0.05, 0.1) is 12.5 Å². The fourth-order valence-corrected chi connectivity index (χ4v) is 1.39. The Hall–Kier alpha value is -0.530. The van der Waals surface area contributed by atoms with Crippen LogP contribution in [0.3, 0.4) is 0 Å². The second kappa shape index (κ2) is 8.75. The van der Waals surface area contributed by atoms with Crippen molar-refractivity contribution in [3.05, 3.63) is 0 Å². The van der Waals surface area contributed by atoms with E-state index >= 15 is 0 Å². The van der Waals surface area contributed by atoms with Crippen LogP contribution in [-0.2, 0) is 9.53 Å². The lowest BCUT2D eigenvalue weighted by molar-refractivity contribution is -0.149. The molecular weight excluding hydrogens is 188 g/mol. The van der Waals surface area contributed by atoms with Crippen molar-refractivity contribution in [1.82, 2.24) is 0 Å². The molecule has 2 heteroatoms. The lowest BCUT2D eigenvalue weighted by atomic mass is 10.0. The van der Waals surface area contributed by atoms with Crippen molar-refractivity contribution in [1.29, 1.82) is 0 Å². The van der Waals surface area contributed by atoms with Crippen molar-refractivity contribution in [2.75, 3.05) is 6.61 Å². The van der Waals surface area contributed by atoms with Crippen LogP contribution in [0.4, 0.5) is 0 Å². The summed E-state index contributed by atoms with van der Waals surface area (Å²) in [5.41, 5.74) is 0. The fourth-order valence-electron chi connectivity index (χ4n) is 1.39. The maximum absolute atomic E-state index is 11.5. The molecule has 0 rings (SSSR count). The van der Waals surface area contributed by atoms with Crippen LogP contribution >= 0.6 is 0 Å². The predicted molar refractivity (Wildman–Crippen MR) is 63.7 cm³/mol. The number of unbranched alkanes of at least 4 members (excludes halogenated alkanes) is 3. The van der Waals surface area contributed by atoms with Gasteiger partial charge in [-0.1, -0.05) is 53.4 Å². The smallest absolute Gasteiger partial charge is 0.308 e. The van der Waals surface area contributed by atoms with E-state index in [9.17, 15) is 4.79 Å². The van der Waals surface area contributed by atoms with Gasteiger partial charge < -0.3 is 4.74 Å². The number of hydrogen-bond acceptors (Lipinski definition) is 2. The van der Waals surface area contributed by atoms with Crippen LogP contribution in [0.25, 0.3) is 0 Å². The molecule has 0 aliphatic rings. The van der Waals surface area contributed by atoms with Gasteiger partial charge in [-0.3, -0.25) is 4.79 Å². The molecule has 0 heterocycles. The lowest BCUT2D eigenvalue weighted by Crippen LogP contribution is -2.17. The van der Waals surface area contributed by atoms with E-state index in [0.29, 0.717) is 12.5 Å². The lowest BCUT2D eigenvalue weighted by Gasteiger charge is -2.12. The van der Waals surface area contributed by atoms with Crippen molar-refractivity contribution in [2.24, 2.45) is 11.8 Å². The zero-order chi connectivity index (χ0) is 11.7. The summed E-state index contributed by atoms with van der Waals surface area (Å²) in [7, 11) is 0. The van der Waals surface area contributed by atoms with Crippen molar-refractivity contribution in [3.8, 4) is 0 Å². The second-order valence-electron chi connectivity index (χ2n) is 4.77. The Morgan fingerprint density at radius 1 is 1.13 bits per heavy atom. The van der Waals surface area contributed by atoms with Gasteiger partial charge in [-0.15, -0.1) is 0 Å². The third-order valence-electron chi connectivity index (χ3n) is 2.45. The van der Waals surface area contributed by atoms with Crippen LogP contribution < -0.4 is 0 Å². The van der Waals surface area contributed by atoms with Crippen molar-refractivity contribution in [3.63, 3.8) is 0 Å². The molecule has 0 aromatic rings. The Labute approximate surface area is 94.4 Å². The number of rotatable bonds is 8. The van der Waals surface area contributed by atoms with Crippen LogP contribution in [0.15, 0.2) is 0 Å². The van der Waals surface area contributed by atoms with Gasteiger partial charge in [0.1, 0.15) is 0 Å². The fraction of sp³-hybridized carbons (Fsp3) is 0.923. The molecule has 1 unspecified atom stereocenters. The monoisotopic (exact) mass is 214 g/mol. The van der Waals surface area contributed by atoms with Gasteiger partial charge in [0.15, 0.2) is 0 Å². The number of ether oxygens (including phenoxy) is 1. The molecule has 0 saturated heterocycles. The number of hydrogen-bond donors (Lipinski definition) is 0. The predicted octanol–water partition coefficient (Wildman–Crippen LogP) is 3.79. The number of esters is 1. The summed E-state index contributed by atoms with van der Waals surface area (Å²) in [6.07, 6.45) is 5.86. The highest BCUT2D eigenvalue weighted by atomic mass is 16.5. The molecule has 0 amide bonds. The first kappa shape index (κ1) is 14.5. The molecule has 0 saturated carbocycles. The first-order valence-electron chi connectivity index (χ1n) is 6.24. The Morgan fingerprint density at radius 2 is 1.80 bits per heavy atom. The third kappa shape index (κ3) is 8.46. The summed E-state index contributed by atoms with van der Waals surface area (Å²) < 4.78 is 5.18. The zero-order valence-electron chi connectivity index (χ0n) is 10.7. The zero-order valence-corrected chi connectivity index (χ0v) is 10.7. The molecule has 0 spiro atoms. The second-order valence-corrected chi connectivity index (χ2v) is 4.77. The van der Waals surface area contributed by atoms with E-state index in [1.807, 2.05) is 6.92 Å². The molecule has 0 N–H and O–H groups in total. The van der Waals surface area contributed by atoms with Crippen LogP contribution in [0.5, 0.6) is 0 Å². The van der Waals surface area contributed by atoms with Gasteiger partial charge in [0.2, 0.25) is 0 Å². The van der Waals surface area contributed by atoms with Gasteiger partial charge in [-0.2, -0.15) is 0 Å². The highest BCUT2D eigenvalue weighted by Gasteiger charge is 2.14. The molecule has 90 valence electrons. The Balaban J connectivity index is 3.51. The molecule has 0 aliphatic carbocycles. The molecule has 0 aromatic carbocycles. The maximum Gasteiger partial charge on any atom is 0.308 e. The minimum Gasteiger partial charge on any atom is -0.465 e. The third-order valence-corrected chi connectivity index (χ3v) is 2.45. The van der Waals surface area contributed by atoms with Crippen LogP contribution in [0.1, 0.15) is 59.8 Å². The molecule has 0 aromatic heterocycles. The molecule has 0 radical (unpaired) electrons. The van der Waals surface area contributed by atoms with E-state index in [1.54, 1.807) is 0 Å². The van der Waals surface area contributed by atoms with Crippen LogP contribution in [-0.4, -0.2) is 12.6 Å². The van der Waals surface area contributed by atoms with E-state index in [0.717, 1.165) is 12.8 Å². The molecule has 0 aliphatic heterocycles. The molecule has 0 fully saturated rings. The Bertz CT molecular complexity index is 164. The van der Waals surface area contributed by atoms with Crippen molar-refractivity contribution < 1.29 is 9.53 Å². The number of carbonyl (C=O) groups excluding carboxylic acids is 1. The SMILES string of the molecule is CCCCCCC(C)C(=O)OCC(C)C. The van der Waals surface area contributed by atoms with Crippen molar-refractivity contribution >= 4 is 5.97 Å². The summed E-state index contributed by atoms with van der Waals surface area (Å²) in [6, 6.07) is 0. The molecule has 2 nitrogen and oxygen atoms in total. The van der Waals surface area contributed by atoms with E-state index in [4.69, 9.17) is 4.74 Å². The first-order chi connectivity index (χ1) is 7.07. The van der Waals surface area contributed by atoms with Gasteiger partial charge in [-0.25, -0.2) is 0 Å². The molecule has 1 atom stereocenters. The summed E-state index contributed by atoms with van der Waals surface area (Å²) in [6.45, 7) is 8.82. The average Bonchev–Trinajstić information content (AvgIpc) is 2.20. The maximum atomic E-state index is 11.5. The first-order valence-corrected chi connectivity index (χ1v) is 6.24. The van der Waals surface area contributed by atoms with Gasteiger partial charge >= 0.3 is 5.97 Å². The molecule has 0 bridgehead atoms. The van der Waals surface area contributed by atoms with Gasteiger partial charge in [0, 0.05) is 0 Å². The van der Waals surface area contributed by atoms with Crippen LogP contribution in [0, 0.1) is 11.8 Å². The topological polar surface area (TPSA) is 26.3 Å². The van der Waals surface area contributed by atoms with E-state index in [2.05, 4.69) is 20.8 Å². The summed E-state index contributed by atoms with van der Waals surface area (Å²) in [5, 5.41) is 0. The van der Waals surface area contributed by atoms with E-state index in [1.165, 1.54) is 19.3 Å². The summed E-state index contributed by atoms with van der Waals surface area (Å²) in [5.74, 6) is 0.474. The van der Waals surface area contributed by atoms with Gasteiger partial charge in [-0.05, 0) is 12.3 Å². The van der Waals surface area contributed by atoms with Gasteiger partial charge in [0.25, 0.3) is 0 Å². The summed E-state index contributed by atoms with van der Waals surface area (Å²) in [4.78, 5) is 11.5. The van der Waals surface area contributed by atoms with Crippen molar-refractivity contribution in [2.45, 2.75) is 59.8 Å².